The summed E-state index contributed by atoms with van der Waals surface area (Å²) in [6.45, 7) is 9.50. The maximum Gasteiger partial charge on any atom is 0.415 e. The Kier molecular flexibility index (Phi) is 15.1. The van der Waals surface area contributed by atoms with Crippen molar-refractivity contribution in [2.24, 2.45) is 22.9 Å². The number of oxime groups is 1. The summed E-state index contributed by atoms with van der Waals surface area (Å²) in [4.78, 5) is 32.9. The summed E-state index contributed by atoms with van der Waals surface area (Å²) in [7, 11) is 0. The number of nitro groups is 1. The lowest BCUT2D eigenvalue weighted by Gasteiger charge is -2.59. The van der Waals surface area contributed by atoms with E-state index in [2.05, 4.69) is 12.7 Å². The number of fused-ring (bicyclic) bond motifs is 2. The fourth-order valence-electron chi connectivity index (χ4n) is 8.35. The van der Waals surface area contributed by atoms with Crippen molar-refractivity contribution in [2.45, 2.75) is 89.1 Å². The molecule has 6 unspecified atom stereocenters. The number of non-ortho nitro benzene ring substituents is 1. The van der Waals surface area contributed by atoms with E-state index in [1.165, 1.54) is 29.2 Å². The largest absolute Gasteiger partial charge is 0.508 e. The molecule has 0 bridgehead atoms. The molecule has 1 saturated carbocycles. The van der Waals surface area contributed by atoms with Gasteiger partial charge < -0.3 is 44.2 Å². The smallest absolute Gasteiger partial charge is 0.415 e. The Morgan fingerprint density at radius 3 is 2.42 bits per heavy atom. The van der Waals surface area contributed by atoms with Crippen molar-refractivity contribution in [1.29, 1.82) is 0 Å². The number of rotatable bonds is 20. The quantitative estimate of drug-likeness (QED) is 0.0509. The van der Waals surface area contributed by atoms with Crippen LogP contribution in [0.3, 0.4) is 0 Å². The van der Waals surface area contributed by atoms with Crippen LogP contribution < -0.4 is 9.47 Å². The summed E-state index contributed by atoms with van der Waals surface area (Å²) in [5, 5.41) is 56.1. The van der Waals surface area contributed by atoms with Gasteiger partial charge in [0.25, 0.3) is 5.69 Å². The number of nitrogens with zero attached hydrogens (tertiary/aromatic N) is 3. The molecule has 1 heterocycles. The van der Waals surface area contributed by atoms with E-state index in [0.29, 0.717) is 24.3 Å². The van der Waals surface area contributed by atoms with Gasteiger partial charge in [0.1, 0.15) is 28.9 Å². The fraction of sp³-hybridized carbons (Fsp3) is 0.571. The third-order valence-electron chi connectivity index (χ3n) is 10.7. The zero-order chi connectivity index (χ0) is 41.2. The molecule has 2 aromatic carbocycles. The predicted molar refractivity (Wildman–Crippen MR) is 211 cm³/mol. The zero-order valence-electron chi connectivity index (χ0n) is 33.1. The molecule has 57 heavy (non-hydrogen) atoms. The summed E-state index contributed by atoms with van der Waals surface area (Å²) in [6, 6.07) is 9.21. The Morgan fingerprint density at radius 2 is 1.77 bits per heavy atom. The number of carbonyl (C=O) groups excluding carboxylic acids is 1. The van der Waals surface area contributed by atoms with Gasteiger partial charge in [-0.25, -0.2) is 4.79 Å². The predicted octanol–water partition coefficient (Wildman–Crippen LogP) is 6.24. The minimum atomic E-state index is -1.59. The number of aliphatic hydroxyl groups is 3. The van der Waals surface area contributed by atoms with E-state index in [4.69, 9.17) is 28.9 Å². The lowest BCUT2D eigenvalue weighted by molar-refractivity contribution is -0.384. The number of allylic oxidation sites excluding steroid dienone is 1. The highest BCUT2D eigenvalue weighted by atomic mass is 16.7. The molecule has 15 nitrogen and oxygen atoms in total. The number of carbonyl (C=O) groups is 1. The number of hydrogen-bond acceptors (Lipinski definition) is 13. The summed E-state index contributed by atoms with van der Waals surface area (Å²) in [5.41, 5.74) is 1.32. The maximum absolute atomic E-state index is 14.6. The minimum Gasteiger partial charge on any atom is -0.508 e. The number of benzene rings is 2. The maximum atomic E-state index is 14.6. The minimum absolute atomic E-state index is 0.00312. The standard InChI is InChI=1S/C42H57N3O12/c1-5-22-54-42-37(44(18-23-53-24-21-48)40(50)55-31-15-12-29(13-16-31)45(51)52)27-35(43-57-41(2,3)4)33-25-28(10-6-8-19-46)32(11-7-9-20-47)38(39(33)42)34-26-30(49)14-17-36(34)56-42/h5,12-17,25-26,28,32,37-39,46-49H,1,6-11,18-24,27H2,2-4H3. The van der Waals surface area contributed by atoms with Gasteiger partial charge in [-0.05, 0) is 94.2 Å². The highest BCUT2D eigenvalue weighted by Crippen LogP contribution is 2.62. The van der Waals surface area contributed by atoms with Gasteiger partial charge in [-0.3, -0.25) is 15.0 Å². The van der Waals surface area contributed by atoms with Gasteiger partial charge in [0.15, 0.2) is 0 Å². The Balaban J connectivity index is 1.75. The molecular formula is C42H57N3O12. The molecule has 312 valence electrons. The molecule has 0 spiro atoms. The van der Waals surface area contributed by atoms with Crippen LogP contribution in [0.25, 0.3) is 0 Å². The van der Waals surface area contributed by atoms with E-state index >= 15 is 0 Å². The molecule has 0 aromatic heterocycles. The van der Waals surface area contributed by atoms with Crippen molar-refractivity contribution in [3.05, 3.63) is 82.4 Å². The summed E-state index contributed by atoms with van der Waals surface area (Å²) in [5.74, 6) is -1.99. The summed E-state index contributed by atoms with van der Waals surface area (Å²) < 4.78 is 25.6. The summed E-state index contributed by atoms with van der Waals surface area (Å²) in [6.07, 6.45) is 7.31. The van der Waals surface area contributed by atoms with Crippen molar-refractivity contribution in [2.75, 3.05) is 46.2 Å². The van der Waals surface area contributed by atoms with Gasteiger partial charge in [0.05, 0.1) is 43.0 Å². The highest BCUT2D eigenvalue weighted by Gasteiger charge is 2.65. The van der Waals surface area contributed by atoms with Gasteiger partial charge in [0.2, 0.25) is 5.79 Å². The highest BCUT2D eigenvalue weighted by molar-refractivity contribution is 6.03. The number of aromatic hydroxyl groups is 1. The second-order valence-corrected chi connectivity index (χ2v) is 15.6. The number of ether oxygens (including phenoxy) is 4. The normalized spacial score (nSPS) is 24.4. The number of aliphatic hydroxyl groups excluding tert-OH is 3. The van der Waals surface area contributed by atoms with E-state index in [9.17, 15) is 35.3 Å². The van der Waals surface area contributed by atoms with Crippen LogP contribution in [-0.2, 0) is 14.3 Å². The Labute approximate surface area is 333 Å². The van der Waals surface area contributed by atoms with Gasteiger partial charge >= 0.3 is 6.09 Å². The third kappa shape index (κ3) is 10.3. The SMILES string of the molecule is C=CCOC12Oc3ccc(O)cc3C3C(CCCCO)C(CCCCO)C=C(C(=NOC(C)(C)C)CC1N(CCOCCO)C(=O)Oc1ccc([N+](=O)[O-])cc1)C32. The van der Waals surface area contributed by atoms with Gasteiger partial charge in [-0.2, -0.15) is 0 Å². The fourth-order valence-corrected chi connectivity index (χ4v) is 8.35. The number of hydrogen-bond donors (Lipinski definition) is 4. The van der Waals surface area contributed by atoms with Crippen molar-refractivity contribution >= 4 is 17.5 Å². The Bertz CT molecular complexity index is 1740. The third-order valence-corrected chi connectivity index (χ3v) is 10.7. The molecule has 0 saturated heterocycles. The number of unbranched alkanes of at least 4 members (excludes halogenated alkanes) is 2. The first-order chi connectivity index (χ1) is 27.4. The van der Waals surface area contributed by atoms with E-state index < -0.39 is 34.4 Å². The van der Waals surface area contributed by atoms with Gasteiger partial charge in [-0.15, -0.1) is 6.58 Å². The first kappa shape index (κ1) is 43.6. The van der Waals surface area contributed by atoms with E-state index in [-0.39, 0.29) is 87.5 Å². The van der Waals surface area contributed by atoms with Crippen LogP contribution >= 0.6 is 0 Å². The average Bonchev–Trinajstić information content (AvgIpc) is 3.18. The topological polar surface area (TPSA) is 203 Å². The van der Waals surface area contributed by atoms with Crippen LogP contribution in [0.4, 0.5) is 10.5 Å². The molecule has 5 rings (SSSR count). The van der Waals surface area contributed by atoms with Crippen molar-refractivity contribution in [3.8, 4) is 17.2 Å². The van der Waals surface area contributed by atoms with E-state index in [1.807, 2.05) is 20.8 Å². The monoisotopic (exact) mass is 795 g/mol. The van der Waals surface area contributed by atoms with Crippen molar-refractivity contribution in [3.63, 3.8) is 0 Å². The Hall–Kier alpha value is -4.54. The number of amides is 1. The first-order valence-corrected chi connectivity index (χ1v) is 19.7. The van der Waals surface area contributed by atoms with Crippen LogP contribution in [0.1, 0.15) is 77.2 Å². The molecule has 1 amide bonds. The van der Waals surface area contributed by atoms with Crippen molar-refractivity contribution < 1.29 is 53.9 Å². The van der Waals surface area contributed by atoms with Crippen molar-refractivity contribution in [1.82, 2.24) is 4.90 Å². The molecule has 2 aromatic rings. The number of nitro benzene ring substituents is 1. The number of phenols is 1. The molecule has 0 radical (unpaired) electrons. The Morgan fingerprint density at radius 1 is 1.05 bits per heavy atom. The molecule has 3 aliphatic rings. The van der Waals surface area contributed by atoms with Crippen LogP contribution in [0.15, 0.2) is 71.9 Å². The van der Waals surface area contributed by atoms with Crippen LogP contribution in [0, 0.1) is 27.9 Å². The van der Waals surface area contributed by atoms with Crippen LogP contribution in [-0.4, -0.2) is 106 Å². The molecule has 1 fully saturated rings. The van der Waals surface area contributed by atoms with E-state index in [0.717, 1.165) is 36.8 Å². The molecule has 15 heteroatoms. The first-order valence-electron chi connectivity index (χ1n) is 19.7. The average molecular weight is 796 g/mol. The van der Waals surface area contributed by atoms with Gasteiger partial charge in [-0.1, -0.05) is 30.1 Å². The van der Waals surface area contributed by atoms with Crippen LogP contribution in [0.2, 0.25) is 0 Å². The molecule has 6 atom stereocenters. The van der Waals surface area contributed by atoms with Gasteiger partial charge in [0, 0.05) is 49.8 Å². The zero-order valence-corrected chi connectivity index (χ0v) is 33.1. The second-order valence-electron chi connectivity index (χ2n) is 15.6. The number of phenolic OH excluding ortho intramolecular Hbond substituents is 1. The second kappa shape index (κ2) is 19.7. The lowest BCUT2D eigenvalue weighted by Crippen LogP contribution is -2.70. The molecule has 2 aliphatic carbocycles. The van der Waals surface area contributed by atoms with Crippen LogP contribution in [0.5, 0.6) is 17.2 Å². The lowest BCUT2D eigenvalue weighted by atomic mass is 9.55. The molecule has 1 aliphatic heterocycles. The summed E-state index contributed by atoms with van der Waals surface area (Å²) >= 11 is 0. The molecule has 4 N–H and O–H groups in total. The van der Waals surface area contributed by atoms with E-state index in [1.54, 1.807) is 24.3 Å². The molecular weight excluding hydrogens is 738 g/mol.